The number of benzene rings is 3. The van der Waals surface area contributed by atoms with Gasteiger partial charge in [0, 0.05) is 40.2 Å². The molecule has 9 heteroatoms. The van der Waals surface area contributed by atoms with Crippen molar-refractivity contribution in [2.75, 3.05) is 10.6 Å². The Morgan fingerprint density at radius 3 is 2.30 bits per heavy atom. The van der Waals surface area contributed by atoms with Gasteiger partial charge in [0.05, 0.1) is 10.5 Å². The van der Waals surface area contributed by atoms with E-state index in [1.165, 1.54) is 25.1 Å². The van der Waals surface area contributed by atoms with Crippen molar-refractivity contribution in [2.24, 2.45) is 0 Å². The van der Waals surface area contributed by atoms with Gasteiger partial charge in [-0.3, -0.25) is 19.7 Å². The average molecular weight is 425 g/mol. The molecule has 0 atom stereocenters. The number of carbonyl (C=O) groups is 2. The Balaban J connectivity index is 1.93. The normalized spacial score (nSPS) is 10.3. The fourth-order valence-corrected chi connectivity index (χ4v) is 3.57. The Morgan fingerprint density at radius 2 is 1.63 bits per heavy atom. The molecule has 0 aliphatic rings. The van der Waals surface area contributed by atoms with Gasteiger partial charge in [-0.1, -0.05) is 30.0 Å². The Bertz CT molecular complexity index is 1140. The zero-order valence-electron chi connectivity index (χ0n) is 15.7. The summed E-state index contributed by atoms with van der Waals surface area (Å²) in [6.07, 6.45) is 0. The Morgan fingerprint density at radius 1 is 0.933 bits per heavy atom. The molecular weight excluding hydrogens is 409 g/mol. The lowest BCUT2D eigenvalue weighted by atomic mass is 10.1. The lowest BCUT2D eigenvalue weighted by Crippen LogP contribution is -2.14. The van der Waals surface area contributed by atoms with Crippen LogP contribution in [0.4, 0.5) is 21.5 Å². The second kappa shape index (κ2) is 9.19. The Hall–Kier alpha value is -3.72. The summed E-state index contributed by atoms with van der Waals surface area (Å²) in [6, 6.07) is 16.3. The number of non-ortho nitro benzene ring substituents is 1. The average Bonchev–Trinajstić information content (AvgIpc) is 2.69. The summed E-state index contributed by atoms with van der Waals surface area (Å²) in [5.41, 5.74) is 0.646. The molecule has 0 aliphatic heterocycles. The van der Waals surface area contributed by atoms with Crippen LogP contribution in [0.2, 0.25) is 0 Å². The van der Waals surface area contributed by atoms with Crippen molar-refractivity contribution < 1.29 is 18.9 Å². The van der Waals surface area contributed by atoms with Gasteiger partial charge in [0.1, 0.15) is 5.82 Å². The molecule has 0 saturated heterocycles. The van der Waals surface area contributed by atoms with E-state index in [-0.39, 0.29) is 22.1 Å². The van der Waals surface area contributed by atoms with Gasteiger partial charge in [-0.05, 0) is 36.4 Å². The van der Waals surface area contributed by atoms with Crippen molar-refractivity contribution in [1.82, 2.24) is 0 Å². The number of anilines is 2. The van der Waals surface area contributed by atoms with E-state index in [0.717, 1.165) is 17.8 Å². The first-order chi connectivity index (χ1) is 14.3. The summed E-state index contributed by atoms with van der Waals surface area (Å²) in [5, 5.41) is 16.4. The SMILES string of the molecule is CC(=O)Nc1cccc(NC(=O)c2cc([N+](=O)[O-])ccc2Sc2ccccc2F)c1. The minimum absolute atomic E-state index is 0.0300. The monoisotopic (exact) mass is 425 g/mol. The molecule has 0 bridgehead atoms. The van der Waals surface area contributed by atoms with E-state index < -0.39 is 16.6 Å². The first-order valence-electron chi connectivity index (χ1n) is 8.73. The summed E-state index contributed by atoms with van der Waals surface area (Å²) < 4.78 is 14.0. The van der Waals surface area contributed by atoms with Crippen LogP contribution in [-0.4, -0.2) is 16.7 Å². The molecule has 7 nitrogen and oxygen atoms in total. The first kappa shape index (κ1) is 21.0. The number of hydrogen-bond acceptors (Lipinski definition) is 5. The van der Waals surface area contributed by atoms with E-state index in [1.807, 2.05) is 0 Å². The number of rotatable bonds is 6. The van der Waals surface area contributed by atoms with Crippen LogP contribution in [-0.2, 0) is 4.79 Å². The van der Waals surface area contributed by atoms with E-state index >= 15 is 0 Å². The molecule has 2 amide bonds. The molecule has 3 aromatic carbocycles. The van der Waals surface area contributed by atoms with Crippen molar-refractivity contribution in [3.8, 4) is 0 Å². The van der Waals surface area contributed by atoms with E-state index in [0.29, 0.717) is 16.3 Å². The van der Waals surface area contributed by atoms with Crippen molar-refractivity contribution in [2.45, 2.75) is 16.7 Å². The van der Waals surface area contributed by atoms with Gasteiger partial charge >= 0.3 is 0 Å². The number of hydrogen-bond donors (Lipinski definition) is 2. The van der Waals surface area contributed by atoms with Crippen molar-refractivity contribution >= 4 is 40.6 Å². The second-order valence-electron chi connectivity index (χ2n) is 6.19. The van der Waals surface area contributed by atoms with Crippen LogP contribution >= 0.6 is 11.8 Å². The molecule has 0 aromatic heterocycles. The van der Waals surface area contributed by atoms with Gasteiger partial charge in [0.2, 0.25) is 5.91 Å². The van der Waals surface area contributed by atoms with Crippen LogP contribution in [0.3, 0.4) is 0 Å². The highest BCUT2D eigenvalue weighted by molar-refractivity contribution is 7.99. The summed E-state index contributed by atoms with van der Waals surface area (Å²) in [6.45, 7) is 1.36. The molecule has 0 radical (unpaired) electrons. The largest absolute Gasteiger partial charge is 0.326 e. The summed E-state index contributed by atoms with van der Waals surface area (Å²) in [7, 11) is 0. The maximum atomic E-state index is 14.0. The first-order valence-corrected chi connectivity index (χ1v) is 9.55. The predicted octanol–water partition coefficient (Wildman–Crippen LogP) is 5.10. The summed E-state index contributed by atoms with van der Waals surface area (Å²) in [5.74, 6) is -1.33. The smallest absolute Gasteiger partial charge is 0.270 e. The number of nitrogens with one attached hydrogen (secondary N) is 2. The number of nitro benzene ring substituents is 1. The van der Waals surface area contributed by atoms with Crippen molar-refractivity contribution in [1.29, 1.82) is 0 Å². The molecular formula is C21H16FN3O4S. The molecule has 3 aromatic rings. The van der Waals surface area contributed by atoms with E-state index in [2.05, 4.69) is 10.6 Å². The number of halogens is 1. The quantitative estimate of drug-likeness (QED) is 0.423. The fourth-order valence-electron chi connectivity index (χ4n) is 2.62. The third-order valence-corrected chi connectivity index (χ3v) is 5.04. The molecule has 0 saturated carbocycles. The van der Waals surface area contributed by atoms with Crippen LogP contribution in [0.5, 0.6) is 0 Å². The highest BCUT2D eigenvalue weighted by atomic mass is 32.2. The molecule has 152 valence electrons. The van der Waals surface area contributed by atoms with Gasteiger partial charge in [0.25, 0.3) is 11.6 Å². The maximum absolute atomic E-state index is 14.0. The molecule has 0 fully saturated rings. The molecule has 2 N–H and O–H groups in total. The predicted molar refractivity (Wildman–Crippen MR) is 112 cm³/mol. The topological polar surface area (TPSA) is 101 Å². The van der Waals surface area contributed by atoms with Crippen LogP contribution in [0.1, 0.15) is 17.3 Å². The van der Waals surface area contributed by atoms with Gasteiger partial charge in [0.15, 0.2) is 0 Å². The Kier molecular flexibility index (Phi) is 6.43. The van der Waals surface area contributed by atoms with Gasteiger partial charge in [-0.15, -0.1) is 0 Å². The van der Waals surface area contributed by atoms with Gasteiger partial charge in [-0.25, -0.2) is 4.39 Å². The van der Waals surface area contributed by atoms with Crippen molar-refractivity contribution in [3.05, 3.63) is 88.2 Å². The van der Waals surface area contributed by atoms with E-state index in [4.69, 9.17) is 0 Å². The molecule has 0 heterocycles. The molecule has 0 spiro atoms. The molecule has 3 rings (SSSR count). The van der Waals surface area contributed by atoms with Crippen LogP contribution in [0.15, 0.2) is 76.5 Å². The zero-order valence-corrected chi connectivity index (χ0v) is 16.5. The summed E-state index contributed by atoms with van der Waals surface area (Å²) in [4.78, 5) is 35.3. The Labute approximate surface area is 175 Å². The zero-order chi connectivity index (χ0) is 21.7. The minimum atomic E-state index is -0.605. The van der Waals surface area contributed by atoms with Crippen LogP contribution < -0.4 is 10.6 Å². The fraction of sp³-hybridized carbons (Fsp3) is 0.0476. The molecule has 30 heavy (non-hydrogen) atoms. The highest BCUT2D eigenvalue weighted by Gasteiger charge is 2.19. The van der Waals surface area contributed by atoms with Gasteiger partial charge < -0.3 is 10.6 Å². The number of amides is 2. The maximum Gasteiger partial charge on any atom is 0.270 e. The van der Waals surface area contributed by atoms with E-state index in [1.54, 1.807) is 42.5 Å². The molecule has 0 aliphatic carbocycles. The lowest BCUT2D eigenvalue weighted by Gasteiger charge is -2.11. The standard InChI is InChI=1S/C21H16FN3O4S/c1-13(26)23-14-5-4-6-15(11-14)24-21(27)17-12-16(25(28)29)9-10-19(17)30-20-8-3-2-7-18(20)22/h2-12H,1H3,(H,23,26)(H,24,27). The second-order valence-corrected chi connectivity index (χ2v) is 7.27. The van der Waals surface area contributed by atoms with Crippen LogP contribution in [0, 0.1) is 15.9 Å². The summed E-state index contributed by atoms with van der Waals surface area (Å²) >= 11 is 0.996. The van der Waals surface area contributed by atoms with Crippen molar-refractivity contribution in [3.63, 3.8) is 0 Å². The minimum Gasteiger partial charge on any atom is -0.326 e. The highest BCUT2D eigenvalue weighted by Crippen LogP contribution is 2.34. The third-order valence-electron chi connectivity index (χ3n) is 3.92. The molecule has 0 unspecified atom stereocenters. The lowest BCUT2D eigenvalue weighted by molar-refractivity contribution is -0.384. The van der Waals surface area contributed by atoms with E-state index in [9.17, 15) is 24.1 Å². The van der Waals surface area contributed by atoms with Crippen LogP contribution in [0.25, 0.3) is 0 Å². The third kappa shape index (κ3) is 5.21. The number of nitro groups is 1. The number of nitrogens with zero attached hydrogens (tertiary/aromatic N) is 1. The van der Waals surface area contributed by atoms with Gasteiger partial charge in [-0.2, -0.15) is 0 Å². The number of carbonyl (C=O) groups excluding carboxylic acids is 2.